The van der Waals surface area contributed by atoms with Gasteiger partial charge in [-0.25, -0.2) is 13.6 Å². The first-order chi connectivity index (χ1) is 15.4. The van der Waals surface area contributed by atoms with Crippen molar-refractivity contribution in [2.24, 2.45) is 7.05 Å². The van der Waals surface area contributed by atoms with E-state index in [4.69, 9.17) is 4.74 Å². The number of H-pyrrole nitrogens is 1. The summed E-state index contributed by atoms with van der Waals surface area (Å²) >= 11 is 3.45. The highest BCUT2D eigenvalue weighted by Crippen LogP contribution is 2.33. The normalized spacial score (nSPS) is 11.5. The summed E-state index contributed by atoms with van der Waals surface area (Å²) in [7, 11) is 3.07. The zero-order chi connectivity index (χ0) is 22.6. The van der Waals surface area contributed by atoms with Gasteiger partial charge >= 0.3 is 5.69 Å². The van der Waals surface area contributed by atoms with Crippen LogP contribution in [0.5, 0.6) is 5.75 Å². The number of hydrogen-bond donors (Lipinski definition) is 1. The average molecular weight is 499 g/mol. The third-order valence-corrected chi connectivity index (χ3v) is 5.82. The van der Waals surface area contributed by atoms with E-state index in [1.54, 1.807) is 39.3 Å². The van der Waals surface area contributed by atoms with Crippen LogP contribution >= 0.6 is 15.9 Å². The maximum Gasteiger partial charge on any atom is 0.329 e. The molecule has 3 heterocycles. The van der Waals surface area contributed by atoms with Crippen LogP contribution in [0, 0.1) is 5.82 Å². The van der Waals surface area contributed by atoms with Crippen LogP contribution in [-0.4, -0.2) is 35.8 Å². The lowest BCUT2D eigenvalue weighted by Crippen LogP contribution is -2.29. The molecule has 2 aromatic carbocycles. The van der Waals surface area contributed by atoms with Crippen LogP contribution in [0.3, 0.4) is 0 Å². The number of fused-ring (bicyclic) bond motifs is 3. The van der Waals surface area contributed by atoms with Gasteiger partial charge in [-0.2, -0.15) is 0 Å². The van der Waals surface area contributed by atoms with Gasteiger partial charge in [0.2, 0.25) is 5.78 Å². The fourth-order valence-electron chi connectivity index (χ4n) is 3.82. The number of nitrogens with one attached hydrogen (secondary N) is 1. The van der Waals surface area contributed by atoms with Gasteiger partial charge < -0.3 is 4.74 Å². The standard InChI is InChI=1S/C21H16BrFN6O3/c1-27-19-16(18(30)24-21(27)31)28(10-11-5-3-4-6-14(11)23)20-26-25-17(29(19)20)13-9-12(22)7-8-15(13)32-2/h3-9H,10H2,1-2H3,(H,24,30,31). The molecule has 3 aromatic heterocycles. The molecule has 0 aliphatic rings. The summed E-state index contributed by atoms with van der Waals surface area (Å²) in [5, 5.41) is 8.61. The third kappa shape index (κ3) is 2.96. The summed E-state index contributed by atoms with van der Waals surface area (Å²) in [5.41, 5.74) is 0.241. The lowest BCUT2D eigenvalue weighted by molar-refractivity contribution is 0.416. The van der Waals surface area contributed by atoms with E-state index >= 15 is 0 Å². The molecule has 0 saturated carbocycles. The van der Waals surface area contributed by atoms with Gasteiger partial charge in [-0.1, -0.05) is 34.1 Å². The summed E-state index contributed by atoms with van der Waals surface area (Å²) < 4.78 is 25.2. The Balaban J connectivity index is 1.92. The smallest absolute Gasteiger partial charge is 0.329 e. The number of halogens is 2. The molecular formula is C21H16BrFN6O3. The van der Waals surface area contributed by atoms with Crippen LogP contribution in [-0.2, 0) is 13.6 Å². The number of nitrogens with zero attached hydrogens (tertiary/aromatic N) is 5. The summed E-state index contributed by atoms with van der Waals surface area (Å²) in [6, 6.07) is 11.7. The number of benzene rings is 2. The lowest BCUT2D eigenvalue weighted by atomic mass is 10.2. The van der Waals surface area contributed by atoms with Crippen LogP contribution in [0.25, 0.3) is 28.3 Å². The van der Waals surface area contributed by atoms with Crippen molar-refractivity contribution in [1.29, 1.82) is 0 Å². The highest BCUT2D eigenvalue weighted by Gasteiger charge is 2.25. The highest BCUT2D eigenvalue weighted by molar-refractivity contribution is 9.10. The van der Waals surface area contributed by atoms with Crippen molar-refractivity contribution in [3.05, 3.63) is 79.2 Å². The molecule has 0 fully saturated rings. The van der Waals surface area contributed by atoms with Crippen LogP contribution in [0.4, 0.5) is 4.39 Å². The van der Waals surface area contributed by atoms with E-state index in [1.807, 2.05) is 6.07 Å². The molecule has 0 amide bonds. The van der Waals surface area contributed by atoms with Gasteiger partial charge in [0.05, 0.1) is 19.2 Å². The topological polar surface area (TPSA) is 99.2 Å². The predicted octanol–water partition coefficient (Wildman–Crippen LogP) is 2.70. The van der Waals surface area contributed by atoms with Crippen LogP contribution in [0.1, 0.15) is 5.56 Å². The second-order valence-corrected chi connectivity index (χ2v) is 8.09. The molecule has 32 heavy (non-hydrogen) atoms. The average Bonchev–Trinajstić information content (AvgIpc) is 3.33. The second-order valence-electron chi connectivity index (χ2n) is 7.17. The zero-order valence-electron chi connectivity index (χ0n) is 17.0. The molecule has 0 atom stereocenters. The quantitative estimate of drug-likeness (QED) is 0.410. The number of aromatic amines is 1. The molecule has 5 rings (SSSR count). The third-order valence-electron chi connectivity index (χ3n) is 5.33. The Hall–Kier alpha value is -3.73. The predicted molar refractivity (Wildman–Crippen MR) is 120 cm³/mol. The Labute approximate surface area is 187 Å². The minimum atomic E-state index is -0.600. The van der Waals surface area contributed by atoms with Crippen molar-refractivity contribution >= 4 is 32.9 Å². The number of aryl methyl sites for hydroxylation is 1. The van der Waals surface area contributed by atoms with Gasteiger partial charge in [0.25, 0.3) is 5.56 Å². The number of rotatable bonds is 4. The van der Waals surface area contributed by atoms with E-state index in [2.05, 4.69) is 31.1 Å². The van der Waals surface area contributed by atoms with Crippen molar-refractivity contribution in [1.82, 2.24) is 28.7 Å². The SMILES string of the molecule is COc1ccc(Br)cc1-c1nnc2n(Cc3ccccc3F)c3c(=O)[nH]c(=O)n(C)c3n12. The van der Waals surface area contributed by atoms with Crippen molar-refractivity contribution in [2.45, 2.75) is 6.54 Å². The van der Waals surface area contributed by atoms with E-state index in [-0.39, 0.29) is 23.5 Å². The highest BCUT2D eigenvalue weighted by atomic mass is 79.9. The summed E-state index contributed by atoms with van der Waals surface area (Å²) in [6.07, 6.45) is 0. The molecule has 5 aromatic rings. The van der Waals surface area contributed by atoms with Crippen molar-refractivity contribution in [3.63, 3.8) is 0 Å². The number of hydrogen-bond acceptors (Lipinski definition) is 5. The Morgan fingerprint density at radius 2 is 1.94 bits per heavy atom. The number of imidazole rings is 1. The van der Waals surface area contributed by atoms with Gasteiger partial charge in [0.15, 0.2) is 17.0 Å². The summed E-state index contributed by atoms with van der Waals surface area (Å²) in [4.78, 5) is 27.6. The van der Waals surface area contributed by atoms with Crippen molar-refractivity contribution < 1.29 is 9.13 Å². The van der Waals surface area contributed by atoms with Gasteiger partial charge in [-0.05, 0) is 24.3 Å². The molecule has 9 nitrogen and oxygen atoms in total. The molecule has 0 aliphatic heterocycles. The van der Waals surface area contributed by atoms with Crippen LogP contribution in [0.15, 0.2) is 56.5 Å². The minimum Gasteiger partial charge on any atom is -0.496 e. The van der Waals surface area contributed by atoms with E-state index in [0.29, 0.717) is 22.7 Å². The maximum atomic E-state index is 14.4. The lowest BCUT2D eigenvalue weighted by Gasteiger charge is -2.08. The first kappa shape index (κ1) is 20.2. The number of methoxy groups -OCH3 is 1. The fourth-order valence-corrected chi connectivity index (χ4v) is 4.18. The Morgan fingerprint density at radius 3 is 2.69 bits per heavy atom. The second kappa shape index (κ2) is 7.45. The van der Waals surface area contributed by atoms with Gasteiger partial charge in [0, 0.05) is 17.1 Å². The molecular weight excluding hydrogens is 483 g/mol. The molecule has 1 N–H and O–H groups in total. The molecule has 11 heteroatoms. The Bertz CT molecular complexity index is 1630. The van der Waals surface area contributed by atoms with Crippen molar-refractivity contribution in [2.75, 3.05) is 7.11 Å². The maximum absolute atomic E-state index is 14.4. The molecule has 0 aliphatic carbocycles. The molecule has 0 radical (unpaired) electrons. The largest absolute Gasteiger partial charge is 0.496 e. The minimum absolute atomic E-state index is 0.0225. The number of aromatic nitrogens is 6. The molecule has 162 valence electrons. The summed E-state index contributed by atoms with van der Waals surface area (Å²) in [5.74, 6) is 0.775. The molecule has 0 saturated heterocycles. The Morgan fingerprint density at radius 1 is 1.16 bits per heavy atom. The molecule has 0 unspecified atom stereocenters. The van der Waals surface area contributed by atoms with E-state index < -0.39 is 17.1 Å². The van der Waals surface area contributed by atoms with Gasteiger partial charge in [-0.3, -0.25) is 18.9 Å². The van der Waals surface area contributed by atoms with Crippen molar-refractivity contribution in [3.8, 4) is 17.1 Å². The molecule has 0 bridgehead atoms. The zero-order valence-corrected chi connectivity index (χ0v) is 18.6. The van der Waals surface area contributed by atoms with Gasteiger partial charge in [0.1, 0.15) is 11.6 Å². The van der Waals surface area contributed by atoms with E-state index in [1.165, 1.54) is 24.8 Å². The first-order valence-corrected chi connectivity index (χ1v) is 10.3. The Kier molecular flexibility index (Phi) is 4.70. The fraction of sp³-hybridized carbons (Fsp3) is 0.143. The van der Waals surface area contributed by atoms with Crippen LogP contribution in [0.2, 0.25) is 0 Å². The van der Waals surface area contributed by atoms with Gasteiger partial charge in [-0.15, -0.1) is 10.2 Å². The monoisotopic (exact) mass is 498 g/mol. The first-order valence-electron chi connectivity index (χ1n) is 9.54. The number of ether oxygens (including phenoxy) is 1. The van der Waals surface area contributed by atoms with E-state index in [0.717, 1.165) is 4.47 Å². The summed E-state index contributed by atoms with van der Waals surface area (Å²) in [6.45, 7) is 0.0225. The van der Waals surface area contributed by atoms with E-state index in [9.17, 15) is 14.0 Å². The molecule has 0 spiro atoms. The van der Waals surface area contributed by atoms with Crippen LogP contribution < -0.4 is 16.0 Å².